The molecule has 1 amide bonds. The van der Waals surface area contributed by atoms with Gasteiger partial charge in [0.15, 0.2) is 0 Å². The molecular formula is C24H22N2O. The molecule has 134 valence electrons. The summed E-state index contributed by atoms with van der Waals surface area (Å²) in [7, 11) is 1.99. The Labute approximate surface area is 160 Å². The Morgan fingerprint density at radius 1 is 0.815 bits per heavy atom. The van der Waals surface area contributed by atoms with Crippen molar-refractivity contribution in [1.82, 2.24) is 0 Å². The van der Waals surface area contributed by atoms with Crippen LogP contribution in [0.4, 0.5) is 11.4 Å². The van der Waals surface area contributed by atoms with Gasteiger partial charge in [0.05, 0.1) is 6.04 Å². The third-order valence-electron chi connectivity index (χ3n) is 5.01. The van der Waals surface area contributed by atoms with E-state index in [1.165, 1.54) is 0 Å². The van der Waals surface area contributed by atoms with Gasteiger partial charge in [-0.1, -0.05) is 78.9 Å². The van der Waals surface area contributed by atoms with E-state index >= 15 is 0 Å². The Hall–Kier alpha value is -3.33. The number of rotatable bonds is 5. The fraction of sp³-hybridized carbons (Fsp3) is 0.125. The Morgan fingerprint density at radius 2 is 1.37 bits per heavy atom. The lowest BCUT2D eigenvalue weighted by molar-refractivity contribution is -0.125. The molecule has 3 heteroatoms. The standard InChI is InChI=1S/C24H22N2O/c1-25(20-13-7-3-8-14-20)23-22(18-17-19-11-5-2-6-12-19)26(24(23)27)21-15-9-4-10-16-21/h2-18,22-23H,1H3/b18-17+/t22-,23+/m0/s1. The summed E-state index contributed by atoms with van der Waals surface area (Å²) in [5, 5.41) is 0. The molecule has 27 heavy (non-hydrogen) atoms. The van der Waals surface area contributed by atoms with Crippen molar-refractivity contribution < 1.29 is 4.79 Å². The topological polar surface area (TPSA) is 23.6 Å². The molecule has 1 fully saturated rings. The summed E-state index contributed by atoms with van der Waals surface area (Å²) < 4.78 is 0. The second kappa shape index (κ2) is 7.50. The average Bonchev–Trinajstić information content (AvgIpc) is 2.73. The van der Waals surface area contributed by atoms with Crippen LogP contribution >= 0.6 is 0 Å². The van der Waals surface area contributed by atoms with E-state index in [0.717, 1.165) is 16.9 Å². The van der Waals surface area contributed by atoms with Crippen LogP contribution in [0.2, 0.25) is 0 Å². The molecule has 3 nitrogen and oxygen atoms in total. The van der Waals surface area contributed by atoms with Crippen molar-refractivity contribution in [3.05, 3.63) is 103 Å². The van der Waals surface area contributed by atoms with Gasteiger partial charge < -0.3 is 9.80 Å². The van der Waals surface area contributed by atoms with Gasteiger partial charge in [-0.3, -0.25) is 4.79 Å². The van der Waals surface area contributed by atoms with E-state index in [1.807, 2.05) is 90.8 Å². The van der Waals surface area contributed by atoms with Crippen molar-refractivity contribution in [3.63, 3.8) is 0 Å². The number of β-lactam (4-membered cyclic amide) rings is 1. The smallest absolute Gasteiger partial charge is 0.252 e. The summed E-state index contributed by atoms with van der Waals surface area (Å²) in [4.78, 5) is 17.0. The van der Waals surface area contributed by atoms with Gasteiger partial charge >= 0.3 is 0 Å². The Morgan fingerprint density at radius 3 is 2.00 bits per heavy atom. The van der Waals surface area contributed by atoms with Gasteiger partial charge in [0.1, 0.15) is 6.04 Å². The molecule has 0 bridgehead atoms. The maximum atomic E-state index is 13.0. The molecule has 0 radical (unpaired) electrons. The number of anilines is 2. The molecule has 0 unspecified atom stereocenters. The number of amides is 1. The second-order valence-electron chi connectivity index (χ2n) is 6.70. The van der Waals surface area contributed by atoms with Crippen LogP contribution in [0.3, 0.4) is 0 Å². The fourth-order valence-electron chi connectivity index (χ4n) is 3.57. The maximum Gasteiger partial charge on any atom is 0.252 e. The van der Waals surface area contributed by atoms with E-state index in [2.05, 4.69) is 29.2 Å². The minimum atomic E-state index is -0.215. The molecule has 3 aromatic carbocycles. The molecule has 0 saturated carbocycles. The van der Waals surface area contributed by atoms with E-state index in [9.17, 15) is 4.79 Å². The Balaban J connectivity index is 1.65. The molecule has 0 N–H and O–H groups in total. The van der Waals surface area contributed by atoms with Crippen molar-refractivity contribution in [3.8, 4) is 0 Å². The highest BCUT2D eigenvalue weighted by Crippen LogP contribution is 2.34. The lowest BCUT2D eigenvalue weighted by Gasteiger charge is -2.50. The first kappa shape index (κ1) is 17.1. The van der Waals surface area contributed by atoms with Gasteiger partial charge in [-0.15, -0.1) is 0 Å². The number of carbonyl (C=O) groups excluding carboxylic acids is 1. The van der Waals surface area contributed by atoms with Crippen LogP contribution in [0.25, 0.3) is 6.08 Å². The maximum absolute atomic E-state index is 13.0. The predicted molar refractivity (Wildman–Crippen MR) is 112 cm³/mol. The third kappa shape index (κ3) is 3.36. The van der Waals surface area contributed by atoms with E-state index < -0.39 is 0 Å². The van der Waals surface area contributed by atoms with Crippen LogP contribution < -0.4 is 9.80 Å². The molecule has 0 aromatic heterocycles. The molecule has 3 aromatic rings. The van der Waals surface area contributed by atoms with Gasteiger partial charge in [-0.05, 0) is 29.8 Å². The summed E-state index contributed by atoms with van der Waals surface area (Å²) in [6, 6.07) is 29.9. The zero-order chi connectivity index (χ0) is 18.6. The summed E-state index contributed by atoms with van der Waals surface area (Å²) in [5.41, 5.74) is 3.11. The number of hydrogen-bond acceptors (Lipinski definition) is 2. The largest absolute Gasteiger partial charge is 0.361 e. The molecule has 2 atom stereocenters. The van der Waals surface area contributed by atoms with Crippen LogP contribution in [-0.4, -0.2) is 25.0 Å². The number of para-hydroxylation sites is 2. The normalized spacial score (nSPS) is 19.1. The molecule has 0 spiro atoms. The monoisotopic (exact) mass is 354 g/mol. The highest BCUT2D eigenvalue weighted by molar-refractivity contribution is 6.08. The lowest BCUT2D eigenvalue weighted by atomic mass is 9.91. The SMILES string of the molecule is CN(c1ccccc1)[C@H]1C(=O)N(c2ccccc2)[C@H]1/C=C/c1ccccc1. The van der Waals surface area contributed by atoms with Crippen LogP contribution in [-0.2, 0) is 4.79 Å². The molecular weight excluding hydrogens is 332 g/mol. The van der Waals surface area contributed by atoms with Crippen LogP contribution in [0.15, 0.2) is 97.1 Å². The minimum Gasteiger partial charge on any atom is -0.361 e. The van der Waals surface area contributed by atoms with Crippen molar-refractivity contribution in [2.24, 2.45) is 0 Å². The first-order valence-electron chi connectivity index (χ1n) is 9.15. The fourth-order valence-corrected chi connectivity index (χ4v) is 3.57. The molecule has 1 heterocycles. The molecule has 0 aliphatic carbocycles. The van der Waals surface area contributed by atoms with E-state index in [0.29, 0.717) is 0 Å². The van der Waals surface area contributed by atoms with Crippen molar-refractivity contribution in [2.45, 2.75) is 12.1 Å². The van der Waals surface area contributed by atoms with Gasteiger partial charge in [0, 0.05) is 18.4 Å². The quantitative estimate of drug-likeness (QED) is 0.624. The van der Waals surface area contributed by atoms with E-state index in [4.69, 9.17) is 0 Å². The third-order valence-corrected chi connectivity index (χ3v) is 5.01. The zero-order valence-corrected chi connectivity index (χ0v) is 15.3. The van der Waals surface area contributed by atoms with Gasteiger partial charge in [0.25, 0.3) is 5.91 Å². The van der Waals surface area contributed by atoms with Crippen LogP contribution in [0.1, 0.15) is 5.56 Å². The summed E-state index contributed by atoms with van der Waals surface area (Å²) >= 11 is 0. The molecule has 1 aliphatic heterocycles. The lowest BCUT2D eigenvalue weighted by Crippen LogP contribution is -2.70. The van der Waals surface area contributed by atoms with Gasteiger partial charge in [-0.2, -0.15) is 0 Å². The van der Waals surface area contributed by atoms with Crippen LogP contribution in [0, 0.1) is 0 Å². The number of likely N-dealkylation sites (N-methyl/N-ethyl adjacent to an activating group) is 1. The number of benzene rings is 3. The number of hydrogen-bond donors (Lipinski definition) is 0. The van der Waals surface area contributed by atoms with Crippen molar-refractivity contribution in [2.75, 3.05) is 16.8 Å². The summed E-state index contributed by atoms with van der Waals surface area (Å²) in [5.74, 6) is 0.121. The van der Waals surface area contributed by atoms with Crippen LogP contribution in [0.5, 0.6) is 0 Å². The Kier molecular flexibility index (Phi) is 4.75. The minimum absolute atomic E-state index is 0.0229. The molecule has 1 aliphatic rings. The number of nitrogens with zero attached hydrogens (tertiary/aromatic N) is 2. The van der Waals surface area contributed by atoms with Crippen molar-refractivity contribution in [1.29, 1.82) is 0 Å². The van der Waals surface area contributed by atoms with E-state index in [1.54, 1.807) is 0 Å². The Bertz CT molecular complexity index is 922. The van der Waals surface area contributed by atoms with Gasteiger partial charge in [-0.25, -0.2) is 0 Å². The molecule has 1 saturated heterocycles. The molecule has 4 rings (SSSR count). The first-order valence-corrected chi connectivity index (χ1v) is 9.15. The second-order valence-corrected chi connectivity index (χ2v) is 6.70. The summed E-state index contributed by atoms with van der Waals surface area (Å²) in [6.45, 7) is 0. The zero-order valence-electron chi connectivity index (χ0n) is 15.3. The highest BCUT2D eigenvalue weighted by atomic mass is 16.2. The van der Waals surface area contributed by atoms with Gasteiger partial charge in [0.2, 0.25) is 0 Å². The number of carbonyl (C=O) groups is 1. The first-order chi connectivity index (χ1) is 13.3. The average molecular weight is 354 g/mol. The highest BCUT2D eigenvalue weighted by Gasteiger charge is 2.49. The summed E-state index contributed by atoms with van der Waals surface area (Å²) in [6.07, 6.45) is 4.23. The predicted octanol–water partition coefficient (Wildman–Crippen LogP) is 4.62. The van der Waals surface area contributed by atoms with Crippen molar-refractivity contribution >= 4 is 23.4 Å². The van der Waals surface area contributed by atoms with E-state index in [-0.39, 0.29) is 18.0 Å².